The lowest BCUT2D eigenvalue weighted by atomic mass is 10.2. The SMILES string of the molecule is C=C1C(N)=NC(c2nccn2CC)=NC1N. The van der Waals surface area contributed by atoms with Gasteiger partial charge in [0.05, 0.1) is 0 Å². The van der Waals surface area contributed by atoms with Gasteiger partial charge in [-0.1, -0.05) is 6.58 Å². The van der Waals surface area contributed by atoms with Crippen molar-refractivity contribution >= 4 is 11.7 Å². The maximum absolute atomic E-state index is 5.77. The molecule has 0 amide bonds. The first-order chi connectivity index (χ1) is 7.63. The van der Waals surface area contributed by atoms with E-state index in [0.29, 0.717) is 23.1 Å². The molecule has 1 atom stereocenters. The smallest absolute Gasteiger partial charge is 0.195 e. The van der Waals surface area contributed by atoms with Crippen molar-refractivity contribution in [3.05, 3.63) is 30.4 Å². The van der Waals surface area contributed by atoms with Gasteiger partial charge >= 0.3 is 0 Å². The first-order valence-corrected chi connectivity index (χ1v) is 5.01. The fraction of sp³-hybridized carbons (Fsp3) is 0.300. The molecule has 6 heteroatoms. The molecule has 1 aromatic heterocycles. The zero-order valence-corrected chi connectivity index (χ0v) is 9.09. The van der Waals surface area contributed by atoms with E-state index in [1.165, 1.54) is 0 Å². The summed E-state index contributed by atoms with van der Waals surface area (Å²) in [5, 5.41) is 0. The fourth-order valence-corrected chi connectivity index (χ4v) is 1.45. The van der Waals surface area contributed by atoms with Gasteiger partial charge in [0, 0.05) is 24.5 Å². The number of amidine groups is 2. The Kier molecular flexibility index (Phi) is 2.57. The number of aliphatic imine (C=N–C) groups is 2. The molecule has 16 heavy (non-hydrogen) atoms. The summed E-state index contributed by atoms with van der Waals surface area (Å²) in [7, 11) is 0. The molecule has 0 saturated carbocycles. The van der Waals surface area contributed by atoms with Gasteiger partial charge in [-0.05, 0) is 6.92 Å². The minimum atomic E-state index is -0.533. The van der Waals surface area contributed by atoms with E-state index in [9.17, 15) is 0 Å². The van der Waals surface area contributed by atoms with Gasteiger partial charge in [-0.3, -0.25) is 0 Å². The van der Waals surface area contributed by atoms with Crippen molar-refractivity contribution in [2.24, 2.45) is 21.5 Å². The number of aryl methyl sites for hydroxylation is 1. The molecule has 0 spiro atoms. The summed E-state index contributed by atoms with van der Waals surface area (Å²) in [6, 6.07) is 0. The summed E-state index contributed by atoms with van der Waals surface area (Å²) >= 11 is 0. The average molecular weight is 218 g/mol. The molecule has 1 unspecified atom stereocenters. The van der Waals surface area contributed by atoms with Gasteiger partial charge < -0.3 is 16.0 Å². The predicted molar refractivity (Wildman–Crippen MR) is 63.2 cm³/mol. The molecule has 84 valence electrons. The van der Waals surface area contributed by atoms with Crippen molar-refractivity contribution in [2.75, 3.05) is 0 Å². The minimum Gasteiger partial charge on any atom is -0.383 e. The van der Waals surface area contributed by atoms with Crippen LogP contribution in [-0.2, 0) is 6.54 Å². The molecule has 0 aliphatic carbocycles. The van der Waals surface area contributed by atoms with E-state index in [-0.39, 0.29) is 0 Å². The molecule has 2 rings (SSSR count). The predicted octanol–water partition coefficient (Wildman–Crippen LogP) is -0.139. The van der Waals surface area contributed by atoms with Gasteiger partial charge in [0.25, 0.3) is 0 Å². The molecular weight excluding hydrogens is 204 g/mol. The van der Waals surface area contributed by atoms with Crippen LogP contribution < -0.4 is 11.5 Å². The average Bonchev–Trinajstić information content (AvgIpc) is 2.73. The lowest BCUT2D eigenvalue weighted by Crippen LogP contribution is -2.35. The minimum absolute atomic E-state index is 0.322. The molecule has 1 aliphatic heterocycles. The number of nitrogens with zero attached hydrogens (tertiary/aromatic N) is 4. The van der Waals surface area contributed by atoms with Crippen molar-refractivity contribution in [1.29, 1.82) is 0 Å². The summed E-state index contributed by atoms with van der Waals surface area (Å²) in [6.45, 7) is 6.53. The van der Waals surface area contributed by atoms with Gasteiger partial charge in [0.15, 0.2) is 11.7 Å². The molecule has 1 aromatic rings. The molecule has 0 saturated heterocycles. The Morgan fingerprint density at radius 1 is 1.56 bits per heavy atom. The molecule has 0 fully saturated rings. The van der Waals surface area contributed by atoms with Crippen LogP contribution in [0.25, 0.3) is 0 Å². The van der Waals surface area contributed by atoms with Crippen molar-refractivity contribution in [3.63, 3.8) is 0 Å². The fourth-order valence-electron chi connectivity index (χ4n) is 1.45. The largest absolute Gasteiger partial charge is 0.383 e. The molecule has 0 aromatic carbocycles. The summed E-state index contributed by atoms with van der Waals surface area (Å²) in [5.74, 6) is 1.46. The topological polar surface area (TPSA) is 94.6 Å². The van der Waals surface area contributed by atoms with Gasteiger partial charge in [0.1, 0.15) is 12.0 Å². The Labute approximate surface area is 93.4 Å². The van der Waals surface area contributed by atoms with Crippen LogP contribution in [0.3, 0.4) is 0 Å². The van der Waals surface area contributed by atoms with Crippen LogP contribution in [0.1, 0.15) is 12.7 Å². The zero-order chi connectivity index (χ0) is 11.7. The summed E-state index contributed by atoms with van der Waals surface area (Å²) in [5.41, 5.74) is 12.0. The highest BCUT2D eigenvalue weighted by molar-refractivity contribution is 6.12. The molecular formula is C10H14N6. The van der Waals surface area contributed by atoms with Crippen molar-refractivity contribution in [2.45, 2.75) is 19.6 Å². The first-order valence-electron chi connectivity index (χ1n) is 5.01. The summed E-state index contributed by atoms with van der Waals surface area (Å²) < 4.78 is 1.93. The van der Waals surface area contributed by atoms with Crippen molar-refractivity contribution < 1.29 is 0 Å². The van der Waals surface area contributed by atoms with Gasteiger partial charge in [0.2, 0.25) is 0 Å². The lowest BCUT2D eigenvalue weighted by Gasteiger charge is -2.17. The Morgan fingerprint density at radius 2 is 2.31 bits per heavy atom. The van der Waals surface area contributed by atoms with Crippen LogP contribution in [0.4, 0.5) is 0 Å². The lowest BCUT2D eigenvalue weighted by molar-refractivity contribution is 0.745. The van der Waals surface area contributed by atoms with E-state index in [0.717, 1.165) is 6.54 Å². The number of hydrogen-bond donors (Lipinski definition) is 2. The quantitative estimate of drug-likeness (QED) is 0.723. The number of aromatic nitrogens is 2. The zero-order valence-electron chi connectivity index (χ0n) is 9.09. The third kappa shape index (κ3) is 1.63. The maximum atomic E-state index is 5.77. The van der Waals surface area contributed by atoms with Gasteiger partial charge in [-0.2, -0.15) is 0 Å². The second kappa shape index (κ2) is 3.90. The number of rotatable bonds is 2. The van der Waals surface area contributed by atoms with Crippen LogP contribution in [0.15, 0.2) is 34.5 Å². The van der Waals surface area contributed by atoms with E-state index in [4.69, 9.17) is 11.5 Å². The molecule has 4 N–H and O–H groups in total. The number of imidazole rings is 1. The van der Waals surface area contributed by atoms with Crippen molar-refractivity contribution in [3.8, 4) is 0 Å². The Bertz CT molecular complexity index is 481. The van der Waals surface area contributed by atoms with Crippen LogP contribution in [0, 0.1) is 0 Å². The van der Waals surface area contributed by atoms with Gasteiger partial charge in [-0.25, -0.2) is 15.0 Å². The van der Waals surface area contributed by atoms with Crippen LogP contribution in [0.5, 0.6) is 0 Å². The van der Waals surface area contributed by atoms with E-state index in [2.05, 4.69) is 21.5 Å². The molecule has 6 nitrogen and oxygen atoms in total. The molecule has 0 bridgehead atoms. The highest BCUT2D eigenvalue weighted by Gasteiger charge is 2.20. The Balaban J connectivity index is 2.43. The summed E-state index contributed by atoms with van der Waals surface area (Å²) in [6.07, 6.45) is 3.02. The van der Waals surface area contributed by atoms with E-state index in [1.54, 1.807) is 6.20 Å². The maximum Gasteiger partial charge on any atom is 0.195 e. The molecule has 2 heterocycles. The van der Waals surface area contributed by atoms with E-state index < -0.39 is 6.17 Å². The second-order valence-corrected chi connectivity index (χ2v) is 3.46. The second-order valence-electron chi connectivity index (χ2n) is 3.46. The molecule has 0 radical (unpaired) electrons. The van der Waals surface area contributed by atoms with Crippen LogP contribution >= 0.6 is 0 Å². The van der Waals surface area contributed by atoms with E-state index >= 15 is 0 Å². The third-order valence-electron chi connectivity index (χ3n) is 2.43. The Hall–Kier alpha value is -1.95. The standard InChI is InChI=1S/C10H14N6/c1-3-16-5-4-13-10(16)9-14-7(11)6(2)8(12)15-9/h4-5,7H,2-3,11H2,1H3,(H2,12,14,15). The van der Waals surface area contributed by atoms with Gasteiger partial charge in [-0.15, -0.1) is 0 Å². The van der Waals surface area contributed by atoms with Crippen LogP contribution in [-0.4, -0.2) is 27.4 Å². The Morgan fingerprint density at radius 3 is 2.94 bits per heavy atom. The van der Waals surface area contributed by atoms with Crippen molar-refractivity contribution in [1.82, 2.24) is 9.55 Å². The van der Waals surface area contributed by atoms with Crippen LogP contribution in [0.2, 0.25) is 0 Å². The number of nitrogens with two attached hydrogens (primary N) is 2. The normalized spacial score (nSPS) is 20.6. The first kappa shape index (κ1) is 10.6. The highest BCUT2D eigenvalue weighted by atomic mass is 15.2. The number of hydrogen-bond acceptors (Lipinski definition) is 5. The van der Waals surface area contributed by atoms with E-state index in [1.807, 2.05) is 17.7 Å². The molecule has 1 aliphatic rings. The third-order valence-corrected chi connectivity index (χ3v) is 2.43. The highest BCUT2D eigenvalue weighted by Crippen LogP contribution is 2.11. The summed E-state index contributed by atoms with van der Waals surface area (Å²) in [4.78, 5) is 12.5. The monoisotopic (exact) mass is 218 g/mol.